The summed E-state index contributed by atoms with van der Waals surface area (Å²) in [5.74, 6) is -0.670. The van der Waals surface area contributed by atoms with Crippen LogP contribution in [0, 0.1) is 0 Å². The molecule has 0 aromatic carbocycles. The summed E-state index contributed by atoms with van der Waals surface area (Å²) >= 11 is 2.72. The molecule has 0 radical (unpaired) electrons. The first-order valence-electron chi connectivity index (χ1n) is 5.38. The molecule has 1 aromatic heterocycles. The van der Waals surface area contributed by atoms with Crippen molar-refractivity contribution in [1.82, 2.24) is 5.32 Å². The molecule has 1 unspecified atom stereocenters. The van der Waals surface area contributed by atoms with E-state index in [1.54, 1.807) is 17.6 Å². The highest BCUT2D eigenvalue weighted by Crippen LogP contribution is 2.22. The predicted molar refractivity (Wildman–Crippen MR) is 75.5 cm³/mol. The van der Waals surface area contributed by atoms with Gasteiger partial charge >= 0.3 is 5.97 Å². The molecule has 8 heteroatoms. The Bertz CT molecular complexity index is 525. The minimum Gasteiger partial charge on any atom is -0.469 e. The normalized spacial score (nSPS) is 21.0. The fourth-order valence-electron chi connectivity index (χ4n) is 1.32. The van der Waals surface area contributed by atoms with Crippen LogP contribution in [0.15, 0.2) is 27.7 Å². The van der Waals surface area contributed by atoms with Crippen molar-refractivity contribution in [2.75, 3.05) is 7.11 Å². The van der Waals surface area contributed by atoms with E-state index in [4.69, 9.17) is 0 Å². The summed E-state index contributed by atoms with van der Waals surface area (Å²) in [6.07, 6.45) is 1.64. The van der Waals surface area contributed by atoms with Crippen molar-refractivity contribution in [1.29, 1.82) is 0 Å². The summed E-state index contributed by atoms with van der Waals surface area (Å²) in [7, 11) is 1.29. The maximum absolute atomic E-state index is 11.6. The van der Waals surface area contributed by atoms with Crippen LogP contribution in [-0.2, 0) is 14.3 Å². The highest BCUT2D eigenvalue weighted by Gasteiger charge is 2.32. The Morgan fingerprint density at radius 3 is 3.16 bits per heavy atom. The SMILES string of the molecule is COC(=O)CC1S/C(=N/N=C/c2cccs2)NC1=O. The van der Waals surface area contributed by atoms with Gasteiger partial charge in [-0.25, -0.2) is 0 Å². The number of carbonyl (C=O) groups is 2. The first-order chi connectivity index (χ1) is 9.19. The standard InChI is InChI=1S/C11H11N3O3S2/c1-17-9(15)5-8-10(16)13-11(19-8)14-12-6-7-3-2-4-18-7/h2-4,6,8H,5H2,1H3,(H,13,14,16)/b12-6+. The van der Waals surface area contributed by atoms with Gasteiger partial charge in [0.25, 0.3) is 0 Å². The monoisotopic (exact) mass is 297 g/mol. The van der Waals surface area contributed by atoms with E-state index in [0.29, 0.717) is 5.17 Å². The number of thioether (sulfide) groups is 1. The average Bonchev–Trinajstić information content (AvgIpc) is 3.00. The molecule has 1 amide bonds. The van der Waals surface area contributed by atoms with E-state index in [0.717, 1.165) is 4.88 Å². The second-order valence-electron chi connectivity index (χ2n) is 3.54. The fraction of sp³-hybridized carbons (Fsp3) is 0.273. The molecule has 2 heterocycles. The number of rotatable bonds is 4. The molecular formula is C11H11N3O3S2. The van der Waals surface area contributed by atoms with Crippen LogP contribution in [-0.4, -0.2) is 35.6 Å². The lowest BCUT2D eigenvalue weighted by atomic mass is 10.3. The zero-order valence-electron chi connectivity index (χ0n) is 10.0. The molecule has 0 saturated carbocycles. The van der Waals surface area contributed by atoms with Crippen molar-refractivity contribution in [3.05, 3.63) is 22.4 Å². The van der Waals surface area contributed by atoms with Crippen LogP contribution in [0.3, 0.4) is 0 Å². The number of amidine groups is 1. The zero-order valence-corrected chi connectivity index (χ0v) is 11.7. The topological polar surface area (TPSA) is 80.1 Å². The van der Waals surface area contributed by atoms with E-state index in [1.165, 1.54) is 18.9 Å². The summed E-state index contributed by atoms with van der Waals surface area (Å²) < 4.78 is 4.53. The van der Waals surface area contributed by atoms with Crippen LogP contribution in [0.5, 0.6) is 0 Å². The van der Waals surface area contributed by atoms with E-state index in [2.05, 4.69) is 20.3 Å². The third-order valence-electron chi connectivity index (χ3n) is 2.23. The van der Waals surface area contributed by atoms with Crippen molar-refractivity contribution >= 4 is 46.4 Å². The molecule has 1 aromatic rings. The van der Waals surface area contributed by atoms with Gasteiger partial charge in [0.15, 0.2) is 5.17 Å². The second kappa shape index (κ2) is 6.48. The molecule has 100 valence electrons. The molecule has 0 spiro atoms. The fourth-order valence-corrected chi connectivity index (χ4v) is 2.81. The first-order valence-corrected chi connectivity index (χ1v) is 7.14. The van der Waals surface area contributed by atoms with Gasteiger partial charge in [-0.2, -0.15) is 5.10 Å². The molecule has 1 aliphatic rings. The van der Waals surface area contributed by atoms with E-state index < -0.39 is 11.2 Å². The maximum atomic E-state index is 11.6. The minimum atomic E-state index is -0.497. The van der Waals surface area contributed by atoms with E-state index in [-0.39, 0.29) is 12.3 Å². The number of amides is 1. The summed E-state index contributed by atoms with van der Waals surface area (Å²) in [6, 6.07) is 3.83. The van der Waals surface area contributed by atoms with Gasteiger partial charge in [-0.1, -0.05) is 17.8 Å². The van der Waals surface area contributed by atoms with Gasteiger partial charge < -0.3 is 10.1 Å². The number of methoxy groups -OCH3 is 1. The Labute approximate surface area is 117 Å². The summed E-state index contributed by atoms with van der Waals surface area (Å²) in [4.78, 5) is 23.6. The Balaban J connectivity index is 1.93. The van der Waals surface area contributed by atoms with Gasteiger partial charge in [0.1, 0.15) is 5.25 Å². The number of thiophene rings is 1. The van der Waals surface area contributed by atoms with Crippen LogP contribution in [0.1, 0.15) is 11.3 Å². The number of esters is 1. The quantitative estimate of drug-likeness (QED) is 0.515. The van der Waals surface area contributed by atoms with Gasteiger partial charge in [-0.05, 0) is 11.4 Å². The Morgan fingerprint density at radius 2 is 2.47 bits per heavy atom. The predicted octanol–water partition coefficient (Wildman–Crippen LogP) is 1.23. The van der Waals surface area contributed by atoms with Gasteiger partial charge in [0.2, 0.25) is 5.91 Å². The Morgan fingerprint density at radius 1 is 1.63 bits per heavy atom. The van der Waals surface area contributed by atoms with E-state index >= 15 is 0 Å². The van der Waals surface area contributed by atoms with Crippen molar-refractivity contribution in [2.45, 2.75) is 11.7 Å². The van der Waals surface area contributed by atoms with Crippen LogP contribution in [0.4, 0.5) is 0 Å². The summed E-state index contributed by atoms with van der Waals surface area (Å²) in [6.45, 7) is 0. The van der Waals surface area contributed by atoms with Gasteiger partial charge in [-0.15, -0.1) is 16.4 Å². The second-order valence-corrected chi connectivity index (χ2v) is 5.71. The Hall–Kier alpha value is -1.67. The van der Waals surface area contributed by atoms with E-state index in [9.17, 15) is 9.59 Å². The average molecular weight is 297 g/mol. The van der Waals surface area contributed by atoms with Crippen LogP contribution >= 0.6 is 23.1 Å². The Kier molecular flexibility index (Phi) is 4.69. The molecular weight excluding hydrogens is 286 g/mol. The van der Waals surface area contributed by atoms with Gasteiger partial charge in [0.05, 0.1) is 19.7 Å². The molecule has 1 fully saturated rings. The smallest absolute Gasteiger partial charge is 0.307 e. The number of carbonyl (C=O) groups excluding carboxylic acids is 2. The molecule has 1 N–H and O–H groups in total. The number of nitrogens with zero attached hydrogens (tertiary/aromatic N) is 2. The van der Waals surface area contributed by atoms with Crippen LogP contribution < -0.4 is 5.32 Å². The molecule has 6 nitrogen and oxygen atoms in total. The molecule has 1 aliphatic heterocycles. The number of hydrogen-bond acceptors (Lipinski definition) is 7. The lowest BCUT2D eigenvalue weighted by Gasteiger charge is -2.01. The van der Waals surface area contributed by atoms with Crippen molar-refractivity contribution in [3.63, 3.8) is 0 Å². The molecule has 1 saturated heterocycles. The number of hydrogen-bond donors (Lipinski definition) is 1. The third-order valence-corrected chi connectivity index (χ3v) is 4.11. The lowest BCUT2D eigenvalue weighted by molar-refractivity contribution is -0.141. The van der Waals surface area contributed by atoms with Gasteiger partial charge in [-0.3, -0.25) is 9.59 Å². The molecule has 2 rings (SSSR count). The van der Waals surface area contributed by atoms with Crippen molar-refractivity contribution in [2.24, 2.45) is 10.2 Å². The molecule has 1 atom stereocenters. The molecule has 19 heavy (non-hydrogen) atoms. The zero-order chi connectivity index (χ0) is 13.7. The van der Waals surface area contributed by atoms with E-state index in [1.807, 2.05) is 17.5 Å². The number of nitrogens with one attached hydrogen (secondary N) is 1. The highest BCUT2D eigenvalue weighted by molar-refractivity contribution is 8.15. The largest absolute Gasteiger partial charge is 0.469 e. The van der Waals surface area contributed by atoms with Crippen molar-refractivity contribution < 1.29 is 14.3 Å². The first kappa shape index (κ1) is 13.8. The van der Waals surface area contributed by atoms with Crippen LogP contribution in [0.2, 0.25) is 0 Å². The third kappa shape index (κ3) is 3.90. The van der Waals surface area contributed by atoms with Gasteiger partial charge in [0, 0.05) is 4.88 Å². The van der Waals surface area contributed by atoms with Crippen LogP contribution in [0.25, 0.3) is 0 Å². The molecule has 0 bridgehead atoms. The summed E-state index contributed by atoms with van der Waals surface area (Å²) in [5, 5.41) is 12.2. The highest BCUT2D eigenvalue weighted by atomic mass is 32.2. The summed E-state index contributed by atoms with van der Waals surface area (Å²) in [5.41, 5.74) is 0. The minimum absolute atomic E-state index is 0.0284. The maximum Gasteiger partial charge on any atom is 0.307 e. The van der Waals surface area contributed by atoms with Crippen molar-refractivity contribution in [3.8, 4) is 0 Å². The number of ether oxygens (including phenoxy) is 1. The lowest BCUT2D eigenvalue weighted by Crippen LogP contribution is -2.26. The molecule has 0 aliphatic carbocycles.